The number of thiophene rings is 1. The molecule has 0 fully saturated rings. The maximum Gasteiger partial charge on any atom is 0.234 e. The van der Waals surface area contributed by atoms with Gasteiger partial charge in [-0.25, -0.2) is 0 Å². The van der Waals surface area contributed by atoms with Crippen molar-refractivity contribution in [3.05, 3.63) is 45.1 Å². The summed E-state index contributed by atoms with van der Waals surface area (Å²) >= 11 is 3.29. The number of fused-ring (bicyclic) bond motifs is 1. The molecule has 2 heterocycles. The summed E-state index contributed by atoms with van der Waals surface area (Å²) in [5, 5.41) is 14.9. The van der Waals surface area contributed by atoms with Gasteiger partial charge in [-0.1, -0.05) is 23.9 Å². The van der Waals surface area contributed by atoms with Gasteiger partial charge in [-0.3, -0.25) is 4.79 Å². The Kier molecular flexibility index (Phi) is 6.06. The monoisotopic (exact) mass is 426 g/mol. The number of hydrogen-bond donors (Lipinski definition) is 1. The first-order valence-electron chi connectivity index (χ1n) is 10.1. The van der Waals surface area contributed by atoms with Crippen LogP contribution in [-0.2, 0) is 24.2 Å². The van der Waals surface area contributed by atoms with E-state index in [1.54, 1.807) is 0 Å². The Labute approximate surface area is 179 Å². The third-order valence-electron chi connectivity index (χ3n) is 5.33. The molecule has 0 saturated heterocycles. The predicted molar refractivity (Wildman–Crippen MR) is 121 cm³/mol. The van der Waals surface area contributed by atoms with Crippen molar-refractivity contribution in [2.24, 2.45) is 0 Å². The number of anilines is 1. The Balaban J connectivity index is 1.48. The molecule has 0 unspecified atom stereocenters. The lowest BCUT2D eigenvalue weighted by molar-refractivity contribution is -0.113. The molecule has 0 saturated carbocycles. The van der Waals surface area contributed by atoms with Crippen LogP contribution < -0.4 is 5.32 Å². The number of amides is 1. The van der Waals surface area contributed by atoms with E-state index < -0.39 is 0 Å². The van der Waals surface area contributed by atoms with E-state index in [0.29, 0.717) is 5.75 Å². The standard InChI is InChI=1S/C22H26N4OS2/c1-4-26-21(17-12-28-19-8-6-5-7-16(17)19)24-25-22(26)29-13-20(27)23-18-11-14(2)9-10-15(18)3/h9-12H,4-8,13H2,1-3H3,(H,23,27). The zero-order chi connectivity index (χ0) is 20.4. The number of carbonyl (C=O) groups excluding carboxylic acids is 1. The molecule has 152 valence electrons. The van der Waals surface area contributed by atoms with Crippen LogP contribution in [0.5, 0.6) is 0 Å². The van der Waals surface area contributed by atoms with E-state index in [0.717, 1.165) is 40.8 Å². The lowest BCUT2D eigenvalue weighted by atomic mass is 9.96. The lowest BCUT2D eigenvalue weighted by Gasteiger charge is -2.13. The summed E-state index contributed by atoms with van der Waals surface area (Å²) in [6.07, 6.45) is 4.84. The summed E-state index contributed by atoms with van der Waals surface area (Å²) in [6.45, 7) is 6.92. The van der Waals surface area contributed by atoms with Gasteiger partial charge < -0.3 is 9.88 Å². The van der Waals surface area contributed by atoms with E-state index in [9.17, 15) is 4.79 Å². The van der Waals surface area contributed by atoms with Crippen molar-refractivity contribution >= 4 is 34.7 Å². The molecule has 0 bridgehead atoms. The fourth-order valence-electron chi connectivity index (χ4n) is 3.75. The largest absolute Gasteiger partial charge is 0.325 e. The molecule has 1 aromatic carbocycles. The normalized spacial score (nSPS) is 13.3. The van der Waals surface area contributed by atoms with E-state index in [2.05, 4.69) is 32.4 Å². The number of benzene rings is 1. The smallest absolute Gasteiger partial charge is 0.234 e. The van der Waals surface area contributed by atoms with E-state index in [1.807, 2.05) is 43.4 Å². The van der Waals surface area contributed by atoms with Crippen LogP contribution in [0.4, 0.5) is 5.69 Å². The van der Waals surface area contributed by atoms with Crippen LogP contribution >= 0.6 is 23.1 Å². The maximum atomic E-state index is 12.5. The van der Waals surface area contributed by atoms with Gasteiger partial charge in [-0.05, 0) is 69.2 Å². The average molecular weight is 427 g/mol. The van der Waals surface area contributed by atoms with Crippen molar-refractivity contribution in [3.8, 4) is 11.4 Å². The molecule has 1 aliphatic rings. The van der Waals surface area contributed by atoms with Crippen molar-refractivity contribution in [3.63, 3.8) is 0 Å². The highest BCUT2D eigenvalue weighted by molar-refractivity contribution is 7.99. The first kappa shape index (κ1) is 20.2. The number of hydrogen-bond acceptors (Lipinski definition) is 5. The predicted octanol–water partition coefficient (Wildman–Crippen LogP) is 5.25. The zero-order valence-corrected chi connectivity index (χ0v) is 18.8. The summed E-state index contributed by atoms with van der Waals surface area (Å²) in [5.74, 6) is 1.22. The number of aromatic nitrogens is 3. The van der Waals surface area contributed by atoms with E-state index in [-0.39, 0.29) is 5.91 Å². The number of nitrogens with one attached hydrogen (secondary N) is 1. The van der Waals surface area contributed by atoms with Gasteiger partial charge in [-0.15, -0.1) is 21.5 Å². The molecule has 7 heteroatoms. The van der Waals surface area contributed by atoms with Gasteiger partial charge in [0.15, 0.2) is 11.0 Å². The summed E-state index contributed by atoms with van der Waals surface area (Å²) in [6, 6.07) is 6.08. The van der Waals surface area contributed by atoms with Gasteiger partial charge in [0.05, 0.1) is 5.75 Å². The fourth-order valence-corrected chi connectivity index (χ4v) is 5.67. The SMILES string of the molecule is CCn1c(SCC(=O)Nc2cc(C)ccc2C)nnc1-c1csc2c1CCCC2. The van der Waals surface area contributed by atoms with Crippen LogP contribution in [0.3, 0.4) is 0 Å². The Hall–Kier alpha value is -2.12. The van der Waals surface area contributed by atoms with Gasteiger partial charge in [-0.2, -0.15) is 0 Å². The second kappa shape index (κ2) is 8.71. The molecule has 2 aromatic heterocycles. The highest BCUT2D eigenvalue weighted by Crippen LogP contribution is 2.36. The first-order chi connectivity index (χ1) is 14.1. The highest BCUT2D eigenvalue weighted by Gasteiger charge is 2.22. The van der Waals surface area contributed by atoms with Crippen molar-refractivity contribution in [1.29, 1.82) is 0 Å². The molecule has 0 aliphatic heterocycles. The number of aryl methyl sites for hydroxylation is 3. The molecular weight excluding hydrogens is 400 g/mol. The topological polar surface area (TPSA) is 59.8 Å². The Morgan fingerprint density at radius 2 is 2.07 bits per heavy atom. The molecule has 29 heavy (non-hydrogen) atoms. The van der Waals surface area contributed by atoms with Crippen molar-refractivity contribution in [2.45, 2.75) is 58.2 Å². The van der Waals surface area contributed by atoms with Crippen LogP contribution in [-0.4, -0.2) is 26.4 Å². The van der Waals surface area contributed by atoms with Crippen molar-refractivity contribution < 1.29 is 4.79 Å². The molecule has 5 nitrogen and oxygen atoms in total. The minimum Gasteiger partial charge on any atom is -0.325 e. The zero-order valence-electron chi connectivity index (χ0n) is 17.1. The van der Waals surface area contributed by atoms with E-state index in [4.69, 9.17) is 0 Å². The average Bonchev–Trinajstić information content (AvgIpc) is 3.32. The second-order valence-electron chi connectivity index (χ2n) is 7.46. The quantitative estimate of drug-likeness (QED) is 0.547. The second-order valence-corrected chi connectivity index (χ2v) is 9.37. The number of nitrogens with zero attached hydrogens (tertiary/aromatic N) is 3. The van der Waals surface area contributed by atoms with E-state index >= 15 is 0 Å². The number of thioether (sulfide) groups is 1. The van der Waals surface area contributed by atoms with Crippen molar-refractivity contribution in [1.82, 2.24) is 14.8 Å². The summed E-state index contributed by atoms with van der Waals surface area (Å²) < 4.78 is 2.13. The minimum atomic E-state index is -0.0242. The van der Waals surface area contributed by atoms with E-state index in [1.165, 1.54) is 47.0 Å². The van der Waals surface area contributed by atoms with Crippen LogP contribution in [0.15, 0.2) is 28.7 Å². The maximum absolute atomic E-state index is 12.5. The molecule has 0 radical (unpaired) electrons. The van der Waals surface area contributed by atoms with Crippen LogP contribution in [0.1, 0.15) is 41.3 Å². The van der Waals surface area contributed by atoms with Crippen LogP contribution in [0.25, 0.3) is 11.4 Å². The van der Waals surface area contributed by atoms with Crippen molar-refractivity contribution in [2.75, 3.05) is 11.1 Å². The van der Waals surface area contributed by atoms with Crippen LogP contribution in [0, 0.1) is 13.8 Å². The Bertz CT molecular complexity index is 1040. The molecule has 3 aromatic rings. The number of carbonyl (C=O) groups is 1. The molecular formula is C22H26N4OS2. The van der Waals surface area contributed by atoms with Gasteiger partial charge in [0.2, 0.25) is 5.91 Å². The third kappa shape index (κ3) is 4.26. The Morgan fingerprint density at radius 3 is 2.90 bits per heavy atom. The Morgan fingerprint density at radius 1 is 1.24 bits per heavy atom. The molecule has 1 aliphatic carbocycles. The fraction of sp³-hybridized carbons (Fsp3) is 0.409. The van der Waals surface area contributed by atoms with Gasteiger partial charge >= 0.3 is 0 Å². The summed E-state index contributed by atoms with van der Waals surface area (Å²) in [5.41, 5.74) is 5.75. The molecule has 0 spiro atoms. The molecule has 0 atom stereocenters. The minimum absolute atomic E-state index is 0.0242. The van der Waals surface area contributed by atoms with Crippen LogP contribution in [0.2, 0.25) is 0 Å². The molecule has 1 N–H and O–H groups in total. The van der Waals surface area contributed by atoms with Gasteiger partial charge in [0.1, 0.15) is 0 Å². The summed E-state index contributed by atoms with van der Waals surface area (Å²) in [4.78, 5) is 14.0. The molecule has 4 rings (SSSR count). The molecule has 1 amide bonds. The third-order valence-corrected chi connectivity index (χ3v) is 7.39. The van der Waals surface area contributed by atoms with Gasteiger partial charge in [0.25, 0.3) is 0 Å². The first-order valence-corrected chi connectivity index (χ1v) is 12.0. The highest BCUT2D eigenvalue weighted by atomic mass is 32.2. The summed E-state index contributed by atoms with van der Waals surface area (Å²) in [7, 11) is 0. The number of rotatable bonds is 6. The lowest BCUT2D eigenvalue weighted by Crippen LogP contribution is -2.15. The van der Waals surface area contributed by atoms with Gasteiger partial charge in [0, 0.05) is 28.1 Å².